The number of hydrogen-bond donors (Lipinski definition) is 0. The van der Waals surface area contributed by atoms with E-state index in [1.165, 1.54) is 0 Å². The van der Waals surface area contributed by atoms with Crippen LogP contribution in [0.2, 0.25) is 0 Å². The van der Waals surface area contributed by atoms with E-state index in [-0.39, 0.29) is 102 Å². The molecule has 5 heteroatoms. The van der Waals surface area contributed by atoms with Gasteiger partial charge in [-0.25, -0.2) is 0 Å². The van der Waals surface area contributed by atoms with E-state index in [2.05, 4.69) is 82.0 Å². The molecule has 2 fully saturated rings. The average Bonchev–Trinajstić information content (AvgIpc) is 2.80. The Morgan fingerprint density at radius 1 is 0.370 bits per heavy atom. The standard InChI is InChI=1S/2C11H23P.Pd.2Y/c2*1-7-8(2)10(4)11(9(7)3)12(5)6;;;/h2*7-11H,1-6H3;;;/p+2. The van der Waals surface area contributed by atoms with Crippen LogP contribution in [-0.2, 0) is 85.8 Å². The van der Waals surface area contributed by atoms with Gasteiger partial charge in [-0.15, -0.1) is 0 Å². The fourth-order valence-corrected chi connectivity index (χ4v) is 11.7. The normalized spacial score (nSPS) is 43.3. The fourth-order valence-electron chi connectivity index (χ4n) is 6.28. The van der Waals surface area contributed by atoms with E-state index >= 15 is 0 Å². The fraction of sp³-hybridized carbons (Fsp3) is 1.00. The second kappa shape index (κ2) is 15.5. The minimum absolute atomic E-state index is 0. The van der Waals surface area contributed by atoms with Crippen molar-refractivity contribution in [3.05, 3.63) is 0 Å². The van der Waals surface area contributed by atoms with Crippen LogP contribution in [-0.4, -0.2) is 38.0 Å². The second-order valence-corrected chi connectivity index (χ2v) is 15.7. The SMILES string of the molecule is CC1C(C)C(C)C([PH+](C)C)C1C.CC1C(C)C(C)C([PH+](C)C)C1C.[Pd].[Y].[Y]. The molecule has 2 aliphatic rings. The van der Waals surface area contributed by atoms with Crippen LogP contribution in [0.1, 0.15) is 55.4 Å². The van der Waals surface area contributed by atoms with E-state index in [0.717, 1.165) is 58.7 Å². The molecule has 0 spiro atoms. The van der Waals surface area contributed by atoms with Crippen molar-refractivity contribution >= 4 is 15.8 Å². The summed E-state index contributed by atoms with van der Waals surface area (Å²) in [6.45, 7) is 29.5. The summed E-state index contributed by atoms with van der Waals surface area (Å²) in [6.07, 6.45) is 0. The molecular weight excluding hydrogens is 610 g/mol. The van der Waals surface area contributed by atoms with E-state index in [1.807, 2.05) is 0 Å². The Morgan fingerprint density at radius 2 is 0.519 bits per heavy atom. The van der Waals surface area contributed by atoms with Crippen molar-refractivity contribution in [2.24, 2.45) is 47.3 Å². The zero-order valence-electron chi connectivity index (χ0n) is 20.2. The molecule has 27 heavy (non-hydrogen) atoms. The first-order valence-corrected chi connectivity index (χ1v) is 15.7. The molecule has 2 saturated carbocycles. The maximum absolute atomic E-state index is 2.48. The van der Waals surface area contributed by atoms with Crippen LogP contribution in [0.25, 0.3) is 0 Å². The van der Waals surface area contributed by atoms with Crippen molar-refractivity contribution < 1.29 is 85.8 Å². The van der Waals surface area contributed by atoms with E-state index in [4.69, 9.17) is 0 Å². The molecule has 0 aromatic rings. The van der Waals surface area contributed by atoms with Gasteiger partial charge in [0.25, 0.3) is 0 Å². The number of rotatable bonds is 2. The molecule has 0 aliphatic heterocycles. The Morgan fingerprint density at radius 3 is 0.593 bits per heavy atom. The Kier molecular flexibility index (Phi) is 20.3. The summed E-state index contributed by atoms with van der Waals surface area (Å²) < 4.78 is 0. The smallest absolute Gasteiger partial charge is 0.0618 e. The van der Waals surface area contributed by atoms with Gasteiger partial charge in [-0.2, -0.15) is 0 Å². The van der Waals surface area contributed by atoms with Gasteiger partial charge in [0.15, 0.2) is 0 Å². The Bertz CT molecular complexity index is 331. The summed E-state index contributed by atoms with van der Waals surface area (Å²) in [4.78, 5) is 0. The topological polar surface area (TPSA) is 0 Å². The van der Waals surface area contributed by atoms with E-state index in [0.29, 0.717) is 0 Å². The van der Waals surface area contributed by atoms with E-state index in [1.54, 1.807) is 0 Å². The molecule has 0 nitrogen and oxygen atoms in total. The summed E-state index contributed by atoms with van der Waals surface area (Å²) in [5.41, 5.74) is 2.11. The van der Waals surface area contributed by atoms with Gasteiger partial charge >= 0.3 is 0 Å². The van der Waals surface area contributed by atoms with Crippen LogP contribution < -0.4 is 0 Å². The molecule has 0 aromatic heterocycles. The molecular formula is C22H48P2PdY2+2. The van der Waals surface area contributed by atoms with Gasteiger partial charge < -0.3 is 0 Å². The Labute approximate surface area is 239 Å². The zero-order chi connectivity index (χ0) is 18.9. The van der Waals surface area contributed by atoms with Gasteiger partial charge in [0.05, 0.1) is 11.3 Å². The summed E-state index contributed by atoms with van der Waals surface area (Å²) in [5, 5.41) is 0. The van der Waals surface area contributed by atoms with Crippen molar-refractivity contribution in [1.82, 2.24) is 0 Å². The van der Waals surface area contributed by atoms with Crippen LogP contribution in [0.3, 0.4) is 0 Å². The minimum atomic E-state index is -0.0746. The molecule has 0 N–H and O–H groups in total. The van der Waals surface area contributed by atoms with Crippen LogP contribution in [0.5, 0.6) is 0 Å². The third kappa shape index (κ3) is 8.54. The van der Waals surface area contributed by atoms with Crippen molar-refractivity contribution in [1.29, 1.82) is 0 Å². The van der Waals surface area contributed by atoms with Crippen LogP contribution >= 0.6 is 15.8 Å². The average molecular weight is 659 g/mol. The Hall–Kier alpha value is 3.73. The van der Waals surface area contributed by atoms with Gasteiger partial charge in [-0.05, 0) is 63.2 Å². The van der Waals surface area contributed by atoms with Crippen molar-refractivity contribution in [2.75, 3.05) is 26.7 Å². The molecule has 0 amide bonds. The molecule has 2 rings (SSSR count). The van der Waals surface area contributed by atoms with Gasteiger partial charge in [-0.1, -0.05) is 55.4 Å². The molecule has 160 valence electrons. The first-order chi connectivity index (χ1) is 10.9. The monoisotopic (exact) mass is 658 g/mol. The van der Waals surface area contributed by atoms with Gasteiger partial charge in [-0.3, -0.25) is 0 Å². The first-order valence-electron chi connectivity index (χ1n) is 10.5. The van der Waals surface area contributed by atoms with Crippen LogP contribution in [0, 0.1) is 47.3 Å². The van der Waals surface area contributed by atoms with Crippen molar-refractivity contribution in [3.8, 4) is 0 Å². The molecule has 8 unspecified atom stereocenters. The molecule has 0 heterocycles. The molecule has 2 aliphatic carbocycles. The van der Waals surface area contributed by atoms with Crippen molar-refractivity contribution in [2.45, 2.75) is 66.7 Å². The van der Waals surface area contributed by atoms with Gasteiger partial charge in [0, 0.05) is 113 Å². The van der Waals surface area contributed by atoms with Gasteiger partial charge in [0.1, 0.15) is 0 Å². The number of hydrogen-bond acceptors (Lipinski definition) is 0. The summed E-state index contributed by atoms with van der Waals surface area (Å²) in [5.74, 6) is 7.68. The first kappa shape index (κ1) is 35.3. The maximum atomic E-state index is 2.48. The molecule has 0 aromatic carbocycles. The third-order valence-electron chi connectivity index (χ3n) is 8.58. The largest absolute Gasteiger partial charge is 0.0725 e. The molecule has 8 atom stereocenters. The predicted octanol–water partition coefficient (Wildman–Crippen LogP) is 6.77. The predicted molar refractivity (Wildman–Crippen MR) is 121 cm³/mol. The summed E-state index contributed by atoms with van der Waals surface area (Å²) in [6, 6.07) is 0. The van der Waals surface area contributed by atoms with Crippen LogP contribution in [0.4, 0.5) is 0 Å². The zero-order valence-corrected chi connectivity index (χ0v) is 29.5. The third-order valence-corrected chi connectivity index (χ3v) is 13.3. The van der Waals surface area contributed by atoms with E-state index < -0.39 is 0 Å². The van der Waals surface area contributed by atoms with Crippen LogP contribution in [0.15, 0.2) is 0 Å². The summed E-state index contributed by atoms with van der Waals surface area (Å²) >= 11 is 0. The van der Waals surface area contributed by atoms with Crippen molar-refractivity contribution in [3.63, 3.8) is 0 Å². The second-order valence-electron chi connectivity index (χ2n) is 10.1. The molecule has 2 radical (unpaired) electrons. The summed E-state index contributed by atoms with van der Waals surface area (Å²) in [7, 11) is -0.149. The minimum Gasteiger partial charge on any atom is -0.0618 e. The quantitative estimate of drug-likeness (QED) is 0.227. The van der Waals surface area contributed by atoms with E-state index in [9.17, 15) is 0 Å². The molecule has 0 bridgehead atoms. The van der Waals surface area contributed by atoms with Gasteiger partial charge in [0.2, 0.25) is 0 Å². The Balaban J connectivity index is -0.000000384. The molecule has 0 saturated heterocycles. The maximum Gasteiger partial charge on any atom is 0.0725 e.